The summed E-state index contributed by atoms with van der Waals surface area (Å²) in [4.78, 5) is 14.4. The summed E-state index contributed by atoms with van der Waals surface area (Å²) in [5.74, 6) is 1.86. The van der Waals surface area contributed by atoms with Crippen LogP contribution in [0.2, 0.25) is 0 Å². The summed E-state index contributed by atoms with van der Waals surface area (Å²) in [6.45, 7) is 5.23. The van der Waals surface area contributed by atoms with E-state index in [1.54, 1.807) is 11.8 Å². The first-order chi connectivity index (χ1) is 12.1. The molecule has 1 amide bonds. The van der Waals surface area contributed by atoms with Gasteiger partial charge in [0.25, 0.3) is 5.91 Å². The molecule has 1 atom stereocenters. The number of carbonyl (C=O) groups is 1. The summed E-state index contributed by atoms with van der Waals surface area (Å²) in [7, 11) is 0. The van der Waals surface area contributed by atoms with E-state index in [9.17, 15) is 4.79 Å². The molecule has 2 aliphatic heterocycles. The van der Waals surface area contributed by atoms with Crippen molar-refractivity contribution < 1.29 is 18.7 Å². The number of aromatic nitrogens is 2. The molecule has 0 spiro atoms. The lowest BCUT2D eigenvalue weighted by Gasteiger charge is -2.41. The fourth-order valence-electron chi connectivity index (χ4n) is 3.20. The van der Waals surface area contributed by atoms with Gasteiger partial charge in [0.15, 0.2) is 6.10 Å². The minimum absolute atomic E-state index is 0.00897. The third-order valence-electron chi connectivity index (χ3n) is 4.61. The number of likely N-dealkylation sites (tertiary alicyclic amines) is 1. The van der Waals surface area contributed by atoms with Crippen LogP contribution in [0.25, 0.3) is 0 Å². The van der Waals surface area contributed by atoms with Crippen LogP contribution in [-0.4, -0.2) is 46.3 Å². The van der Waals surface area contributed by atoms with Gasteiger partial charge >= 0.3 is 0 Å². The van der Waals surface area contributed by atoms with E-state index >= 15 is 0 Å². The van der Waals surface area contributed by atoms with E-state index < -0.39 is 6.10 Å². The second-order valence-electron chi connectivity index (χ2n) is 6.65. The van der Waals surface area contributed by atoms with Crippen molar-refractivity contribution in [1.82, 2.24) is 15.1 Å². The molecule has 25 heavy (non-hydrogen) atoms. The Morgan fingerprint density at radius 2 is 2.16 bits per heavy atom. The Balaban J connectivity index is 1.26. The summed E-state index contributed by atoms with van der Waals surface area (Å²) in [6, 6.07) is 6.10. The van der Waals surface area contributed by atoms with Crippen molar-refractivity contribution >= 4 is 5.91 Å². The Morgan fingerprint density at radius 3 is 2.92 bits per heavy atom. The SMILES string of the molecule is Cc1ccc2c(c1)CCC(C(=O)N1CC(OCc3nnc(C)o3)C1)O2. The van der Waals surface area contributed by atoms with Crippen LogP contribution >= 0.6 is 0 Å². The fourth-order valence-corrected chi connectivity index (χ4v) is 3.20. The van der Waals surface area contributed by atoms with E-state index in [1.807, 2.05) is 12.1 Å². The number of hydrogen-bond donors (Lipinski definition) is 0. The van der Waals surface area contributed by atoms with Crippen LogP contribution in [0, 0.1) is 13.8 Å². The van der Waals surface area contributed by atoms with Gasteiger partial charge in [0.1, 0.15) is 12.4 Å². The maximum absolute atomic E-state index is 12.6. The highest BCUT2D eigenvalue weighted by Gasteiger charge is 2.37. The van der Waals surface area contributed by atoms with Gasteiger partial charge in [0.05, 0.1) is 6.10 Å². The number of rotatable bonds is 4. The quantitative estimate of drug-likeness (QED) is 0.842. The van der Waals surface area contributed by atoms with Gasteiger partial charge in [-0.2, -0.15) is 0 Å². The standard InChI is InChI=1S/C18H21N3O4/c1-11-3-5-15-13(7-11)4-6-16(25-15)18(22)21-8-14(9-21)23-10-17-20-19-12(2)24-17/h3,5,7,14,16H,4,6,8-10H2,1-2H3. The number of carbonyl (C=O) groups excluding carboxylic acids is 1. The van der Waals surface area contributed by atoms with E-state index in [0.29, 0.717) is 24.9 Å². The van der Waals surface area contributed by atoms with Crippen LogP contribution < -0.4 is 4.74 Å². The highest BCUT2D eigenvalue weighted by atomic mass is 16.5. The summed E-state index contributed by atoms with van der Waals surface area (Å²) >= 11 is 0. The van der Waals surface area contributed by atoms with Crippen molar-refractivity contribution in [3.05, 3.63) is 41.1 Å². The van der Waals surface area contributed by atoms with Gasteiger partial charge in [-0.1, -0.05) is 17.7 Å². The lowest BCUT2D eigenvalue weighted by atomic mass is 9.99. The van der Waals surface area contributed by atoms with E-state index in [0.717, 1.165) is 18.6 Å². The van der Waals surface area contributed by atoms with E-state index in [1.165, 1.54) is 11.1 Å². The monoisotopic (exact) mass is 343 g/mol. The third-order valence-corrected chi connectivity index (χ3v) is 4.61. The maximum Gasteiger partial charge on any atom is 0.263 e. The molecule has 0 bridgehead atoms. The molecule has 1 saturated heterocycles. The second kappa shape index (κ2) is 6.48. The third kappa shape index (κ3) is 3.37. The van der Waals surface area contributed by atoms with Crippen LogP contribution in [0.1, 0.15) is 29.3 Å². The van der Waals surface area contributed by atoms with Gasteiger partial charge in [-0.05, 0) is 31.4 Å². The minimum Gasteiger partial charge on any atom is -0.480 e. The van der Waals surface area contributed by atoms with Crippen molar-refractivity contribution in [1.29, 1.82) is 0 Å². The molecule has 2 aromatic rings. The normalized spacial score (nSPS) is 19.9. The molecule has 7 heteroatoms. The summed E-state index contributed by atoms with van der Waals surface area (Å²) < 4.78 is 16.9. The Kier molecular flexibility index (Phi) is 4.17. The van der Waals surface area contributed by atoms with Crippen molar-refractivity contribution in [2.24, 2.45) is 0 Å². The van der Waals surface area contributed by atoms with E-state index in [2.05, 4.69) is 23.2 Å². The highest BCUT2D eigenvalue weighted by Crippen LogP contribution is 2.30. The predicted molar refractivity (Wildman–Crippen MR) is 88.1 cm³/mol. The number of fused-ring (bicyclic) bond motifs is 1. The highest BCUT2D eigenvalue weighted by molar-refractivity contribution is 5.82. The average molecular weight is 343 g/mol. The molecular weight excluding hydrogens is 322 g/mol. The number of nitrogens with zero attached hydrogens (tertiary/aromatic N) is 3. The molecule has 4 rings (SSSR count). The van der Waals surface area contributed by atoms with Crippen LogP contribution in [0.5, 0.6) is 5.75 Å². The van der Waals surface area contributed by atoms with Gasteiger partial charge in [0, 0.05) is 20.0 Å². The molecular formula is C18H21N3O4. The first kappa shape index (κ1) is 16.1. The Labute approximate surface area is 145 Å². The number of ether oxygens (including phenoxy) is 2. The summed E-state index contributed by atoms with van der Waals surface area (Å²) in [5.41, 5.74) is 2.40. The number of aryl methyl sites for hydroxylation is 3. The zero-order valence-corrected chi connectivity index (χ0v) is 14.4. The lowest BCUT2D eigenvalue weighted by molar-refractivity contribution is -0.154. The van der Waals surface area contributed by atoms with Crippen LogP contribution in [-0.2, 0) is 22.6 Å². The van der Waals surface area contributed by atoms with Crippen molar-refractivity contribution in [3.8, 4) is 5.75 Å². The summed E-state index contributed by atoms with van der Waals surface area (Å²) in [5, 5.41) is 7.65. The van der Waals surface area contributed by atoms with Crippen LogP contribution in [0.15, 0.2) is 22.6 Å². The Bertz CT molecular complexity index is 782. The lowest BCUT2D eigenvalue weighted by Crippen LogP contribution is -2.58. The van der Waals surface area contributed by atoms with Crippen molar-refractivity contribution in [3.63, 3.8) is 0 Å². The zero-order valence-electron chi connectivity index (χ0n) is 14.4. The molecule has 1 unspecified atom stereocenters. The number of benzene rings is 1. The smallest absolute Gasteiger partial charge is 0.263 e. The van der Waals surface area contributed by atoms with Gasteiger partial charge in [-0.25, -0.2) is 0 Å². The second-order valence-corrected chi connectivity index (χ2v) is 6.65. The van der Waals surface area contributed by atoms with Crippen molar-refractivity contribution in [2.75, 3.05) is 13.1 Å². The maximum atomic E-state index is 12.6. The summed E-state index contributed by atoms with van der Waals surface area (Å²) in [6.07, 6.45) is 1.21. The average Bonchev–Trinajstić information content (AvgIpc) is 2.98. The molecule has 2 aliphatic rings. The predicted octanol–water partition coefficient (Wildman–Crippen LogP) is 1.81. The first-order valence-corrected chi connectivity index (χ1v) is 8.54. The molecule has 7 nitrogen and oxygen atoms in total. The van der Waals surface area contributed by atoms with E-state index in [4.69, 9.17) is 13.9 Å². The molecule has 0 aliphatic carbocycles. The molecule has 1 aromatic carbocycles. The van der Waals surface area contributed by atoms with Gasteiger partial charge in [0.2, 0.25) is 11.8 Å². The zero-order chi connectivity index (χ0) is 17.4. The number of amides is 1. The van der Waals surface area contributed by atoms with Gasteiger partial charge in [-0.15, -0.1) is 10.2 Å². The van der Waals surface area contributed by atoms with Crippen LogP contribution in [0.4, 0.5) is 0 Å². The van der Waals surface area contributed by atoms with Gasteiger partial charge < -0.3 is 18.8 Å². The molecule has 0 radical (unpaired) electrons. The van der Waals surface area contributed by atoms with Crippen molar-refractivity contribution in [2.45, 2.75) is 45.5 Å². The van der Waals surface area contributed by atoms with E-state index in [-0.39, 0.29) is 18.6 Å². The molecule has 132 valence electrons. The molecule has 0 saturated carbocycles. The molecule has 0 N–H and O–H groups in total. The molecule has 3 heterocycles. The minimum atomic E-state index is -0.394. The number of hydrogen-bond acceptors (Lipinski definition) is 6. The largest absolute Gasteiger partial charge is 0.480 e. The molecule has 1 fully saturated rings. The molecule has 1 aromatic heterocycles. The fraction of sp³-hybridized carbons (Fsp3) is 0.500. The topological polar surface area (TPSA) is 77.7 Å². The van der Waals surface area contributed by atoms with Crippen LogP contribution in [0.3, 0.4) is 0 Å². The van der Waals surface area contributed by atoms with Gasteiger partial charge in [-0.3, -0.25) is 4.79 Å². The first-order valence-electron chi connectivity index (χ1n) is 8.54. The Morgan fingerprint density at radius 1 is 1.32 bits per heavy atom. The Hall–Kier alpha value is -2.41.